The average molecular weight is 281 g/mol. The summed E-state index contributed by atoms with van der Waals surface area (Å²) < 4.78 is 15.9. The average Bonchev–Trinajstić information content (AvgIpc) is 2.45. The maximum atomic E-state index is 5.89. The first-order valence-electron chi connectivity index (χ1n) is 5.48. The van der Waals surface area contributed by atoms with Crippen molar-refractivity contribution in [3.63, 3.8) is 0 Å². The first-order chi connectivity index (χ1) is 9.19. The third kappa shape index (κ3) is 2.71. The second-order valence-corrected chi connectivity index (χ2v) is 4.00. The van der Waals surface area contributed by atoms with E-state index in [1.807, 2.05) is 0 Å². The van der Waals surface area contributed by atoms with Gasteiger partial charge in [-0.25, -0.2) is 9.97 Å². The molecule has 0 aliphatic heterocycles. The van der Waals surface area contributed by atoms with E-state index < -0.39 is 0 Å². The SMILES string of the molecule is COc1cc(OC)c(-c2nccc(Cl)n2)c(OC)c1. The summed E-state index contributed by atoms with van der Waals surface area (Å²) in [5, 5.41) is 0.352. The highest BCUT2D eigenvalue weighted by molar-refractivity contribution is 6.29. The normalized spacial score (nSPS) is 10.1. The molecule has 1 aromatic heterocycles. The van der Waals surface area contributed by atoms with E-state index in [0.29, 0.717) is 33.8 Å². The second kappa shape index (κ2) is 5.75. The van der Waals surface area contributed by atoms with Gasteiger partial charge in [-0.05, 0) is 6.07 Å². The van der Waals surface area contributed by atoms with Gasteiger partial charge in [-0.15, -0.1) is 0 Å². The van der Waals surface area contributed by atoms with E-state index in [1.54, 1.807) is 45.7 Å². The third-order valence-electron chi connectivity index (χ3n) is 2.56. The van der Waals surface area contributed by atoms with Gasteiger partial charge in [0.05, 0.1) is 21.3 Å². The maximum Gasteiger partial charge on any atom is 0.168 e. The quantitative estimate of drug-likeness (QED) is 0.806. The van der Waals surface area contributed by atoms with Gasteiger partial charge in [0.2, 0.25) is 0 Å². The van der Waals surface area contributed by atoms with Gasteiger partial charge in [0.1, 0.15) is 28.0 Å². The molecule has 100 valence electrons. The van der Waals surface area contributed by atoms with Crippen molar-refractivity contribution < 1.29 is 14.2 Å². The largest absolute Gasteiger partial charge is 0.496 e. The summed E-state index contributed by atoms with van der Waals surface area (Å²) >= 11 is 5.89. The van der Waals surface area contributed by atoms with Gasteiger partial charge in [-0.2, -0.15) is 0 Å². The number of benzene rings is 1. The molecular formula is C13H13ClN2O3. The van der Waals surface area contributed by atoms with Crippen molar-refractivity contribution in [2.45, 2.75) is 0 Å². The molecule has 5 nitrogen and oxygen atoms in total. The van der Waals surface area contributed by atoms with Crippen molar-refractivity contribution in [1.29, 1.82) is 0 Å². The fourth-order valence-electron chi connectivity index (χ4n) is 1.68. The molecule has 2 aromatic rings. The number of halogens is 1. The van der Waals surface area contributed by atoms with Gasteiger partial charge in [-0.3, -0.25) is 0 Å². The van der Waals surface area contributed by atoms with Gasteiger partial charge in [0, 0.05) is 18.3 Å². The van der Waals surface area contributed by atoms with Crippen molar-refractivity contribution in [2.75, 3.05) is 21.3 Å². The summed E-state index contributed by atoms with van der Waals surface area (Å²) in [6.45, 7) is 0. The van der Waals surface area contributed by atoms with Crippen LogP contribution in [0.3, 0.4) is 0 Å². The third-order valence-corrected chi connectivity index (χ3v) is 2.77. The fraction of sp³-hybridized carbons (Fsp3) is 0.231. The van der Waals surface area contributed by atoms with Crippen LogP contribution in [0, 0.1) is 0 Å². The molecule has 0 unspecified atom stereocenters. The van der Waals surface area contributed by atoms with Crippen LogP contribution < -0.4 is 14.2 Å². The van der Waals surface area contributed by atoms with Crippen molar-refractivity contribution in [1.82, 2.24) is 9.97 Å². The lowest BCUT2D eigenvalue weighted by Gasteiger charge is -2.14. The number of aromatic nitrogens is 2. The monoisotopic (exact) mass is 280 g/mol. The zero-order chi connectivity index (χ0) is 13.8. The minimum Gasteiger partial charge on any atom is -0.496 e. The fourth-order valence-corrected chi connectivity index (χ4v) is 1.82. The summed E-state index contributed by atoms with van der Waals surface area (Å²) in [5.74, 6) is 2.17. The highest BCUT2D eigenvalue weighted by Crippen LogP contribution is 2.40. The van der Waals surface area contributed by atoms with Crippen molar-refractivity contribution in [2.24, 2.45) is 0 Å². The molecule has 6 heteroatoms. The Morgan fingerprint density at radius 1 is 1.00 bits per heavy atom. The molecule has 0 amide bonds. The Hall–Kier alpha value is -2.01. The number of nitrogens with zero attached hydrogens (tertiary/aromatic N) is 2. The lowest BCUT2D eigenvalue weighted by molar-refractivity contribution is 0.377. The van der Waals surface area contributed by atoms with E-state index in [1.165, 1.54) is 0 Å². The molecule has 0 aliphatic rings. The van der Waals surface area contributed by atoms with Crippen LogP contribution >= 0.6 is 11.6 Å². The summed E-state index contributed by atoms with van der Waals surface area (Å²) in [4.78, 5) is 8.36. The molecule has 0 N–H and O–H groups in total. The van der Waals surface area contributed by atoms with Crippen LogP contribution in [0.15, 0.2) is 24.4 Å². The van der Waals surface area contributed by atoms with E-state index in [4.69, 9.17) is 25.8 Å². The molecule has 1 aromatic carbocycles. The topological polar surface area (TPSA) is 53.5 Å². The predicted octanol–water partition coefficient (Wildman–Crippen LogP) is 2.82. The smallest absolute Gasteiger partial charge is 0.168 e. The van der Waals surface area contributed by atoms with E-state index in [9.17, 15) is 0 Å². The lowest BCUT2D eigenvalue weighted by atomic mass is 10.1. The van der Waals surface area contributed by atoms with E-state index in [0.717, 1.165) is 0 Å². The molecule has 0 aliphatic carbocycles. The molecule has 0 spiro atoms. The van der Waals surface area contributed by atoms with Crippen molar-refractivity contribution in [3.05, 3.63) is 29.5 Å². The standard InChI is InChI=1S/C13H13ClN2O3/c1-17-8-6-9(18-2)12(10(7-8)19-3)13-15-5-4-11(14)16-13/h4-7H,1-3H3. The number of hydrogen-bond acceptors (Lipinski definition) is 5. The van der Waals surface area contributed by atoms with Crippen molar-refractivity contribution in [3.8, 4) is 28.6 Å². The van der Waals surface area contributed by atoms with E-state index in [-0.39, 0.29) is 0 Å². The number of ether oxygens (including phenoxy) is 3. The van der Waals surface area contributed by atoms with Gasteiger partial charge >= 0.3 is 0 Å². The Bertz CT molecular complexity index is 565. The highest BCUT2D eigenvalue weighted by atomic mass is 35.5. The highest BCUT2D eigenvalue weighted by Gasteiger charge is 2.17. The number of methoxy groups -OCH3 is 3. The van der Waals surface area contributed by atoms with Crippen LogP contribution in [-0.2, 0) is 0 Å². The van der Waals surface area contributed by atoms with E-state index >= 15 is 0 Å². The molecular weight excluding hydrogens is 268 g/mol. The van der Waals surface area contributed by atoms with Gasteiger partial charge in [-0.1, -0.05) is 11.6 Å². The Morgan fingerprint density at radius 2 is 1.63 bits per heavy atom. The van der Waals surface area contributed by atoms with Crippen LogP contribution in [-0.4, -0.2) is 31.3 Å². The zero-order valence-corrected chi connectivity index (χ0v) is 11.6. The molecule has 0 atom stereocenters. The second-order valence-electron chi connectivity index (χ2n) is 3.61. The van der Waals surface area contributed by atoms with Gasteiger partial charge < -0.3 is 14.2 Å². The number of hydrogen-bond donors (Lipinski definition) is 0. The Morgan fingerprint density at radius 3 is 2.11 bits per heavy atom. The Balaban J connectivity index is 2.66. The van der Waals surface area contributed by atoms with E-state index in [2.05, 4.69) is 9.97 Å². The van der Waals surface area contributed by atoms with Gasteiger partial charge in [0.15, 0.2) is 5.82 Å². The molecule has 0 saturated heterocycles. The Labute approximate surface area is 116 Å². The minimum atomic E-state index is 0.352. The van der Waals surface area contributed by atoms with Crippen LogP contribution in [0.5, 0.6) is 17.2 Å². The van der Waals surface area contributed by atoms with Gasteiger partial charge in [0.25, 0.3) is 0 Å². The molecule has 2 rings (SSSR count). The summed E-state index contributed by atoms with van der Waals surface area (Å²) in [6, 6.07) is 5.08. The van der Waals surface area contributed by atoms with Crippen LogP contribution in [0.25, 0.3) is 11.4 Å². The van der Waals surface area contributed by atoms with Crippen LogP contribution in [0.2, 0.25) is 5.15 Å². The summed E-state index contributed by atoms with van der Waals surface area (Å²) in [7, 11) is 4.69. The van der Waals surface area contributed by atoms with Crippen molar-refractivity contribution >= 4 is 11.6 Å². The first kappa shape index (κ1) is 13.4. The first-order valence-corrected chi connectivity index (χ1v) is 5.86. The predicted molar refractivity (Wildman–Crippen MR) is 72.1 cm³/mol. The molecule has 1 heterocycles. The summed E-state index contributed by atoms with van der Waals surface area (Å²) in [6.07, 6.45) is 1.58. The number of rotatable bonds is 4. The van der Waals surface area contributed by atoms with Crippen LogP contribution in [0.1, 0.15) is 0 Å². The minimum absolute atomic E-state index is 0.352. The Kier molecular flexibility index (Phi) is 4.06. The van der Waals surface area contributed by atoms with Crippen LogP contribution in [0.4, 0.5) is 0 Å². The molecule has 0 saturated carbocycles. The molecule has 0 bridgehead atoms. The molecule has 0 fully saturated rings. The maximum absolute atomic E-state index is 5.89. The molecule has 0 radical (unpaired) electrons. The molecule has 19 heavy (non-hydrogen) atoms. The zero-order valence-electron chi connectivity index (χ0n) is 10.8. The summed E-state index contributed by atoms with van der Waals surface area (Å²) in [5.41, 5.74) is 0.633. The lowest BCUT2D eigenvalue weighted by Crippen LogP contribution is -1.98.